The van der Waals surface area contributed by atoms with Gasteiger partial charge < -0.3 is 14.9 Å². The number of nitrogens with one attached hydrogen (secondary N) is 1. The number of amides is 1. The first kappa shape index (κ1) is 30.7. The number of aromatic nitrogens is 3. The van der Waals surface area contributed by atoms with Gasteiger partial charge in [-0.25, -0.2) is 22.6 Å². The molecular weight excluding hydrogens is 635 g/mol. The zero-order chi connectivity index (χ0) is 31.9. The Kier molecular flexibility index (Phi) is 8.33. The average molecular weight is 662 g/mol. The fraction of sp³-hybridized carbons (Fsp3) is 0.276. The standard InChI is InChI=1S/C29H27ClF3N7O4S/c30-19-15-20(26(32)23(16-19)36-45(43,44)39-8-1-2-9-39)25-21(31)17-24(37-11-13-38(14-12-37)29(41)42)28(27(25)33)40-10-5-22(35-40)18-3-6-34-7-4-18/h3-7,10,15-17,36H,1-2,8-9,11-14H2,(H,41,42). The lowest BCUT2D eigenvalue weighted by atomic mass is 10.0. The Morgan fingerprint density at radius 3 is 2.29 bits per heavy atom. The minimum absolute atomic E-state index is 0.0700. The van der Waals surface area contributed by atoms with E-state index in [1.54, 1.807) is 35.5 Å². The smallest absolute Gasteiger partial charge is 0.407 e. The lowest BCUT2D eigenvalue weighted by Gasteiger charge is -2.35. The van der Waals surface area contributed by atoms with Crippen LogP contribution >= 0.6 is 11.6 Å². The monoisotopic (exact) mass is 661 g/mol. The summed E-state index contributed by atoms with van der Waals surface area (Å²) in [5, 5.41) is 13.7. The summed E-state index contributed by atoms with van der Waals surface area (Å²) in [6, 6.07) is 8.12. The van der Waals surface area contributed by atoms with Crippen LogP contribution in [-0.2, 0) is 10.2 Å². The highest BCUT2D eigenvalue weighted by Crippen LogP contribution is 2.41. The number of piperazine rings is 1. The highest BCUT2D eigenvalue weighted by Gasteiger charge is 2.31. The van der Waals surface area contributed by atoms with Gasteiger partial charge in [-0.05, 0) is 43.2 Å². The zero-order valence-electron chi connectivity index (χ0n) is 23.6. The van der Waals surface area contributed by atoms with Crippen LogP contribution in [0.3, 0.4) is 0 Å². The van der Waals surface area contributed by atoms with E-state index in [1.165, 1.54) is 15.8 Å². The minimum atomic E-state index is -4.15. The summed E-state index contributed by atoms with van der Waals surface area (Å²) in [6.07, 6.45) is 4.79. The molecule has 0 aliphatic carbocycles. The van der Waals surface area contributed by atoms with Crippen molar-refractivity contribution in [3.63, 3.8) is 0 Å². The number of hydrogen-bond donors (Lipinski definition) is 2. The van der Waals surface area contributed by atoms with Gasteiger partial charge in [0.15, 0.2) is 11.6 Å². The van der Waals surface area contributed by atoms with Crippen molar-refractivity contribution in [2.24, 2.45) is 0 Å². The quantitative estimate of drug-likeness (QED) is 0.278. The molecule has 0 radical (unpaired) electrons. The van der Waals surface area contributed by atoms with E-state index >= 15 is 13.2 Å². The summed E-state index contributed by atoms with van der Waals surface area (Å²) < 4.78 is 79.1. The predicted molar refractivity (Wildman–Crippen MR) is 162 cm³/mol. The normalized spacial score (nSPS) is 15.9. The molecule has 0 unspecified atom stereocenters. The summed E-state index contributed by atoms with van der Waals surface area (Å²) in [7, 11) is -4.15. The summed E-state index contributed by atoms with van der Waals surface area (Å²) in [4.78, 5) is 18.3. The van der Waals surface area contributed by atoms with E-state index in [1.807, 2.05) is 0 Å². The van der Waals surface area contributed by atoms with Gasteiger partial charge in [0, 0.05) is 80.1 Å². The lowest BCUT2D eigenvalue weighted by Crippen LogP contribution is -2.48. The third kappa shape index (κ3) is 6.02. The fourth-order valence-corrected chi connectivity index (χ4v) is 7.06. The second-order valence-electron chi connectivity index (χ2n) is 10.6. The largest absolute Gasteiger partial charge is 0.465 e. The van der Waals surface area contributed by atoms with E-state index in [9.17, 15) is 18.3 Å². The predicted octanol–water partition coefficient (Wildman–Crippen LogP) is 5.22. The molecule has 45 heavy (non-hydrogen) atoms. The highest BCUT2D eigenvalue weighted by molar-refractivity contribution is 7.90. The third-order valence-electron chi connectivity index (χ3n) is 7.81. The minimum Gasteiger partial charge on any atom is -0.465 e. The molecule has 2 saturated heterocycles. The number of hydrogen-bond acceptors (Lipinski definition) is 6. The number of halogens is 4. The Morgan fingerprint density at radius 1 is 0.933 bits per heavy atom. The van der Waals surface area contributed by atoms with E-state index in [-0.39, 0.29) is 55.7 Å². The SMILES string of the molecule is O=C(O)N1CCN(c2cc(F)c(-c3cc(Cl)cc(NS(=O)(=O)N4CCCC4)c3F)c(F)c2-n2ccc(-c3ccncc3)n2)CC1. The van der Waals surface area contributed by atoms with E-state index in [4.69, 9.17) is 11.6 Å². The van der Waals surface area contributed by atoms with Crippen molar-refractivity contribution in [3.8, 4) is 28.1 Å². The molecule has 11 nitrogen and oxygen atoms in total. The Balaban J connectivity index is 1.48. The van der Waals surface area contributed by atoms with E-state index in [0.29, 0.717) is 24.1 Å². The van der Waals surface area contributed by atoms with Crippen LogP contribution in [0.2, 0.25) is 5.02 Å². The molecule has 2 fully saturated rings. The van der Waals surface area contributed by atoms with Crippen molar-refractivity contribution in [3.05, 3.63) is 77.5 Å². The van der Waals surface area contributed by atoms with E-state index in [2.05, 4.69) is 14.8 Å². The lowest BCUT2D eigenvalue weighted by molar-refractivity contribution is 0.142. The highest BCUT2D eigenvalue weighted by atomic mass is 35.5. The maximum Gasteiger partial charge on any atom is 0.407 e. The molecule has 4 heterocycles. The molecule has 2 N–H and O–H groups in total. The van der Waals surface area contributed by atoms with Crippen LogP contribution in [0.25, 0.3) is 28.1 Å². The van der Waals surface area contributed by atoms with Crippen LogP contribution < -0.4 is 9.62 Å². The molecule has 0 bridgehead atoms. The maximum atomic E-state index is 16.8. The van der Waals surface area contributed by atoms with Gasteiger partial charge in [-0.1, -0.05) is 11.6 Å². The van der Waals surface area contributed by atoms with Crippen LogP contribution in [0.5, 0.6) is 0 Å². The Hall–Kier alpha value is -4.34. The molecule has 0 saturated carbocycles. The summed E-state index contributed by atoms with van der Waals surface area (Å²) in [5.74, 6) is -3.53. The molecule has 4 aromatic rings. The van der Waals surface area contributed by atoms with Crippen molar-refractivity contribution >= 4 is 39.3 Å². The number of rotatable bonds is 7. The number of nitrogens with zero attached hydrogens (tertiary/aromatic N) is 6. The Labute approximate surface area is 261 Å². The van der Waals surface area contributed by atoms with Crippen LogP contribution in [0.15, 0.2) is 55.0 Å². The average Bonchev–Trinajstić information content (AvgIpc) is 3.73. The van der Waals surface area contributed by atoms with Gasteiger partial charge in [0.05, 0.1) is 22.6 Å². The molecule has 236 valence electrons. The number of pyridine rings is 1. The van der Waals surface area contributed by atoms with Crippen LogP contribution in [0, 0.1) is 17.5 Å². The van der Waals surface area contributed by atoms with Gasteiger partial charge in [0.1, 0.15) is 11.5 Å². The molecule has 0 spiro atoms. The van der Waals surface area contributed by atoms with E-state index < -0.39 is 50.6 Å². The van der Waals surface area contributed by atoms with Crippen molar-refractivity contribution in [2.45, 2.75) is 12.8 Å². The van der Waals surface area contributed by atoms with Crippen molar-refractivity contribution in [2.75, 3.05) is 48.9 Å². The molecule has 1 amide bonds. The van der Waals surface area contributed by atoms with Gasteiger partial charge in [0.2, 0.25) is 0 Å². The molecule has 2 aliphatic rings. The second kappa shape index (κ2) is 12.2. The first-order chi connectivity index (χ1) is 21.5. The number of carboxylic acid groups (broad SMARTS) is 1. The van der Waals surface area contributed by atoms with Gasteiger partial charge in [-0.2, -0.15) is 17.8 Å². The summed E-state index contributed by atoms with van der Waals surface area (Å²) in [5.41, 5.74) is -0.940. The molecule has 2 aromatic heterocycles. The van der Waals surface area contributed by atoms with Crippen molar-refractivity contribution < 1.29 is 31.5 Å². The number of carbonyl (C=O) groups is 1. The fourth-order valence-electron chi connectivity index (χ4n) is 5.54. The summed E-state index contributed by atoms with van der Waals surface area (Å²) in [6.45, 7) is 0.943. The van der Waals surface area contributed by atoms with E-state index in [0.717, 1.165) is 22.5 Å². The summed E-state index contributed by atoms with van der Waals surface area (Å²) >= 11 is 6.24. The molecule has 2 aliphatic heterocycles. The Morgan fingerprint density at radius 2 is 1.62 bits per heavy atom. The van der Waals surface area contributed by atoms with Gasteiger partial charge >= 0.3 is 16.3 Å². The molecule has 0 atom stereocenters. The van der Waals surface area contributed by atoms with Gasteiger partial charge in [-0.3, -0.25) is 9.71 Å². The van der Waals surface area contributed by atoms with Crippen LogP contribution in [0.1, 0.15) is 12.8 Å². The van der Waals surface area contributed by atoms with Crippen LogP contribution in [-0.4, -0.2) is 82.9 Å². The Bertz CT molecular complexity index is 1860. The third-order valence-corrected chi connectivity index (χ3v) is 9.55. The molecule has 6 rings (SSSR count). The number of anilines is 2. The van der Waals surface area contributed by atoms with Crippen LogP contribution in [0.4, 0.5) is 29.3 Å². The zero-order valence-corrected chi connectivity index (χ0v) is 25.2. The molecule has 16 heteroatoms. The second-order valence-corrected chi connectivity index (χ2v) is 12.7. The van der Waals surface area contributed by atoms with Crippen molar-refractivity contribution in [1.29, 1.82) is 0 Å². The first-order valence-corrected chi connectivity index (χ1v) is 15.8. The van der Waals surface area contributed by atoms with Gasteiger partial charge in [-0.15, -0.1) is 0 Å². The maximum absolute atomic E-state index is 16.8. The molecule has 2 aromatic carbocycles. The van der Waals surface area contributed by atoms with Crippen molar-refractivity contribution in [1.82, 2.24) is 24.0 Å². The number of benzene rings is 2. The first-order valence-electron chi connectivity index (χ1n) is 14.0. The topological polar surface area (TPSA) is 124 Å². The molecular formula is C29H27ClF3N7O4S. The van der Waals surface area contributed by atoms with Gasteiger partial charge in [0.25, 0.3) is 0 Å².